The molecular formula is C43H51N11O6. The van der Waals surface area contributed by atoms with Gasteiger partial charge in [-0.25, -0.2) is 14.8 Å². The van der Waals surface area contributed by atoms with E-state index in [0.717, 1.165) is 101 Å². The topological polar surface area (TPSA) is 198 Å². The molecule has 0 aliphatic carbocycles. The van der Waals surface area contributed by atoms with Crippen LogP contribution in [0, 0.1) is 5.92 Å². The molecule has 5 fully saturated rings. The van der Waals surface area contributed by atoms with Crippen LogP contribution >= 0.6 is 0 Å². The van der Waals surface area contributed by atoms with Crippen LogP contribution in [0.15, 0.2) is 48.7 Å². The van der Waals surface area contributed by atoms with E-state index in [0.29, 0.717) is 41.1 Å². The smallest absolute Gasteiger partial charge is 0.320 e. The first-order valence-corrected chi connectivity index (χ1v) is 21.1. The molecule has 17 nitrogen and oxygen atoms in total. The molecule has 0 spiro atoms. The van der Waals surface area contributed by atoms with Gasteiger partial charge in [0.1, 0.15) is 11.9 Å². The summed E-state index contributed by atoms with van der Waals surface area (Å²) in [6, 6.07) is 12.8. The van der Waals surface area contributed by atoms with Gasteiger partial charge in [0.15, 0.2) is 11.5 Å². The van der Waals surface area contributed by atoms with Crippen LogP contribution < -0.4 is 26.2 Å². The molecule has 3 aromatic rings. The maximum absolute atomic E-state index is 13.3. The van der Waals surface area contributed by atoms with E-state index >= 15 is 0 Å². The molecule has 5 saturated heterocycles. The molecule has 0 radical (unpaired) electrons. The number of amides is 7. The number of fused-ring (bicyclic) bond motifs is 1. The first-order valence-electron chi connectivity index (χ1n) is 21.1. The Bertz CT molecular complexity index is 2220. The zero-order valence-corrected chi connectivity index (χ0v) is 33.8. The van der Waals surface area contributed by atoms with Gasteiger partial charge in [0.2, 0.25) is 11.8 Å². The molecule has 60 heavy (non-hydrogen) atoms. The van der Waals surface area contributed by atoms with E-state index in [1.165, 1.54) is 5.56 Å². The molecule has 6 aliphatic rings. The van der Waals surface area contributed by atoms with Crippen LogP contribution in [0.3, 0.4) is 0 Å². The van der Waals surface area contributed by atoms with Crippen LogP contribution in [0.4, 0.5) is 27.8 Å². The zero-order valence-electron chi connectivity index (χ0n) is 33.8. The van der Waals surface area contributed by atoms with Crippen molar-refractivity contribution in [3.8, 4) is 0 Å². The summed E-state index contributed by atoms with van der Waals surface area (Å²) in [5, 5.41) is 5.54. The maximum Gasteiger partial charge on any atom is 0.320 e. The Labute approximate surface area is 348 Å². The van der Waals surface area contributed by atoms with Crippen molar-refractivity contribution >= 4 is 58.6 Å². The van der Waals surface area contributed by atoms with Gasteiger partial charge in [0.25, 0.3) is 17.7 Å². The number of benzene rings is 2. The normalized spacial score (nSPS) is 23.0. The van der Waals surface area contributed by atoms with Gasteiger partial charge < -0.3 is 35.6 Å². The monoisotopic (exact) mass is 817 g/mol. The third-order valence-corrected chi connectivity index (χ3v) is 13.2. The first kappa shape index (κ1) is 39.4. The number of imide groups is 2. The number of hydrogen-bond donors (Lipinski definition) is 3. The van der Waals surface area contributed by atoms with Crippen molar-refractivity contribution in [2.24, 2.45) is 11.7 Å². The summed E-state index contributed by atoms with van der Waals surface area (Å²) in [6.07, 6.45) is 6.89. The Hall–Kier alpha value is -6.10. The number of nitrogens with one attached hydrogen (secondary N) is 2. The quantitative estimate of drug-likeness (QED) is 0.240. The lowest BCUT2D eigenvalue weighted by molar-refractivity contribution is -0.136. The molecule has 2 atom stereocenters. The standard InChI is InChI=1S/C43H51N11O6/c1-49-19-20-53(43(49)60)31-3-2-15-51(25-31)35-22-45-37(38(44)56)39(47-35)46-29-6-4-27(5-7-29)28-13-17-50(18-14-28)16-12-26-23-52(24-26)30-8-9-32-33(21-30)42(59)54(41(32)58)34-10-11-36(55)48-40(34)57/h4-9,21-22,26,28,31,34H,2-3,10-20,23-25H2,1H3,(H2,44,56)(H,46,47)(H,48,55,57)/t31-,34?/m1/s1. The first-order chi connectivity index (χ1) is 29.0. The van der Waals surface area contributed by atoms with Crippen molar-refractivity contribution in [1.29, 1.82) is 0 Å². The van der Waals surface area contributed by atoms with Crippen LogP contribution in [0.5, 0.6) is 0 Å². The van der Waals surface area contributed by atoms with Crippen LogP contribution in [-0.2, 0) is 9.59 Å². The predicted molar refractivity (Wildman–Crippen MR) is 222 cm³/mol. The molecule has 0 saturated carbocycles. The molecule has 2 aromatic carbocycles. The van der Waals surface area contributed by atoms with E-state index in [9.17, 15) is 28.8 Å². The van der Waals surface area contributed by atoms with Gasteiger partial charge in [-0.3, -0.25) is 34.2 Å². The Morgan fingerprint density at radius 1 is 0.867 bits per heavy atom. The minimum absolute atomic E-state index is 0.0616. The van der Waals surface area contributed by atoms with Gasteiger partial charge in [0, 0.05) is 64.1 Å². The summed E-state index contributed by atoms with van der Waals surface area (Å²) in [6.45, 7) is 7.72. The second kappa shape index (κ2) is 16.2. The lowest BCUT2D eigenvalue weighted by Gasteiger charge is -2.42. The molecule has 314 valence electrons. The number of likely N-dealkylation sites (tertiary alicyclic amines) is 1. The number of hydrogen-bond acceptors (Lipinski definition) is 12. The van der Waals surface area contributed by atoms with E-state index in [2.05, 4.69) is 42.5 Å². The van der Waals surface area contributed by atoms with Gasteiger partial charge in [0.05, 0.1) is 23.4 Å². The van der Waals surface area contributed by atoms with Gasteiger partial charge in [-0.05, 0) is 106 Å². The lowest BCUT2D eigenvalue weighted by Crippen LogP contribution is -2.54. The number of anilines is 4. The summed E-state index contributed by atoms with van der Waals surface area (Å²) in [5.41, 5.74) is 9.35. The summed E-state index contributed by atoms with van der Waals surface area (Å²) < 4.78 is 0. The largest absolute Gasteiger partial charge is 0.371 e. The highest BCUT2D eigenvalue weighted by Crippen LogP contribution is 2.35. The van der Waals surface area contributed by atoms with Crippen LogP contribution in [-0.4, -0.2) is 143 Å². The number of likely N-dealkylation sites (N-methyl/N-ethyl adjacent to an activating group) is 1. The molecule has 9 rings (SSSR count). The second-order valence-corrected chi connectivity index (χ2v) is 17.0. The van der Waals surface area contributed by atoms with Crippen LogP contribution in [0.1, 0.15) is 87.6 Å². The van der Waals surface area contributed by atoms with Crippen molar-refractivity contribution in [3.63, 3.8) is 0 Å². The predicted octanol–water partition coefficient (Wildman–Crippen LogP) is 2.76. The highest BCUT2D eigenvalue weighted by atomic mass is 16.2. The van der Waals surface area contributed by atoms with Crippen molar-refractivity contribution < 1.29 is 28.8 Å². The average Bonchev–Trinajstić information content (AvgIpc) is 3.70. The van der Waals surface area contributed by atoms with E-state index in [4.69, 9.17) is 10.7 Å². The Morgan fingerprint density at radius 3 is 2.35 bits per heavy atom. The minimum atomic E-state index is -0.970. The van der Waals surface area contributed by atoms with E-state index in [1.54, 1.807) is 23.2 Å². The molecular weight excluding hydrogens is 767 g/mol. The number of primary amides is 1. The number of urea groups is 1. The average molecular weight is 818 g/mol. The van der Waals surface area contributed by atoms with Gasteiger partial charge in [-0.15, -0.1) is 0 Å². The second-order valence-electron chi connectivity index (χ2n) is 17.0. The molecule has 17 heteroatoms. The number of nitrogens with two attached hydrogens (primary N) is 1. The maximum atomic E-state index is 13.3. The highest BCUT2D eigenvalue weighted by molar-refractivity contribution is 6.23. The Kier molecular flexibility index (Phi) is 10.6. The summed E-state index contributed by atoms with van der Waals surface area (Å²) in [7, 11) is 1.83. The lowest BCUT2D eigenvalue weighted by atomic mass is 9.88. The third-order valence-electron chi connectivity index (χ3n) is 13.2. The molecule has 1 aromatic heterocycles. The Morgan fingerprint density at radius 2 is 1.63 bits per heavy atom. The molecule has 0 bridgehead atoms. The summed E-state index contributed by atoms with van der Waals surface area (Å²) in [4.78, 5) is 96.2. The fraction of sp³-hybridized carbons (Fsp3) is 0.488. The van der Waals surface area contributed by atoms with E-state index in [-0.39, 0.29) is 30.6 Å². The molecule has 6 aliphatic heterocycles. The van der Waals surface area contributed by atoms with Crippen molar-refractivity contribution in [1.82, 2.24) is 34.9 Å². The molecule has 7 amide bonds. The number of rotatable bonds is 11. The number of carbonyl (C=O) groups excluding carboxylic acids is 6. The van der Waals surface area contributed by atoms with E-state index < -0.39 is 35.6 Å². The van der Waals surface area contributed by atoms with Gasteiger partial charge in [-0.2, -0.15) is 0 Å². The molecule has 7 heterocycles. The van der Waals surface area contributed by atoms with Crippen molar-refractivity contribution in [2.45, 2.75) is 62.9 Å². The number of nitrogens with zero attached hydrogens (tertiary/aromatic N) is 8. The fourth-order valence-electron chi connectivity index (χ4n) is 9.67. The Balaban J connectivity index is 0.740. The van der Waals surface area contributed by atoms with Gasteiger partial charge >= 0.3 is 6.03 Å². The number of aromatic nitrogens is 2. The zero-order chi connectivity index (χ0) is 41.7. The summed E-state index contributed by atoms with van der Waals surface area (Å²) in [5.74, 6) is -0.688. The highest BCUT2D eigenvalue weighted by Gasteiger charge is 2.45. The SMILES string of the molecule is CN1CCN([C@@H]2CCCN(c3cnc(C(N)=O)c(Nc4ccc(C5CCN(CCC6CN(c7ccc8c(c7)C(=O)N(C7CCC(=O)NC7=O)C8=O)C6)CC5)cc4)n3)C2)C1=O. The third kappa shape index (κ3) is 7.61. The van der Waals surface area contributed by atoms with E-state index in [1.807, 2.05) is 30.1 Å². The number of carbonyl (C=O) groups is 6. The van der Waals surface area contributed by atoms with Gasteiger partial charge in [-0.1, -0.05) is 12.1 Å². The number of piperidine rings is 3. The van der Waals surface area contributed by atoms with Crippen molar-refractivity contribution in [2.75, 3.05) is 81.1 Å². The molecule has 4 N–H and O–H groups in total. The molecule has 1 unspecified atom stereocenters. The minimum Gasteiger partial charge on any atom is -0.371 e. The van der Waals surface area contributed by atoms with Crippen molar-refractivity contribution in [3.05, 3.63) is 71.0 Å². The summed E-state index contributed by atoms with van der Waals surface area (Å²) >= 11 is 0. The van der Waals surface area contributed by atoms with Crippen LogP contribution in [0.25, 0.3) is 0 Å². The van der Waals surface area contributed by atoms with Crippen LogP contribution in [0.2, 0.25) is 0 Å². The fourth-order valence-corrected chi connectivity index (χ4v) is 9.67.